The Kier molecular flexibility index (Phi) is 6.40. The van der Waals surface area contributed by atoms with Gasteiger partial charge in [0, 0.05) is 23.1 Å². The molecule has 9 nitrogen and oxygen atoms in total. The first-order valence-corrected chi connectivity index (χ1v) is 13.5. The van der Waals surface area contributed by atoms with Crippen molar-refractivity contribution < 1.29 is 22.7 Å². The molecule has 3 heterocycles. The number of carboxylic acids is 1. The number of aromatic nitrogens is 1. The van der Waals surface area contributed by atoms with E-state index in [2.05, 4.69) is 15.0 Å². The van der Waals surface area contributed by atoms with Crippen LogP contribution in [0.25, 0.3) is 11.3 Å². The number of hydrogen-bond donors (Lipinski definition) is 3. The van der Waals surface area contributed by atoms with Crippen molar-refractivity contribution in [2.75, 3.05) is 15.9 Å². The maximum Gasteiger partial charge on any atom is 0.335 e. The standard InChI is InChI=1S/C26H22N4O5S2/c1-37(33,34)29-18-8-10-19(11-9-18)30-24(23(28-26(30)36)20-7-2-3-14-27-20)22-13-12-21(35-22)16-5-4-6-17(15-16)25(31)32/h2-15,23-24,29H,1H3,(H,28,36)(H,31,32)/t23-,24-/m0/s1. The van der Waals surface area contributed by atoms with E-state index in [0.29, 0.717) is 27.9 Å². The van der Waals surface area contributed by atoms with Crippen molar-refractivity contribution in [2.24, 2.45) is 0 Å². The van der Waals surface area contributed by atoms with Gasteiger partial charge in [0.15, 0.2) is 5.11 Å². The van der Waals surface area contributed by atoms with Gasteiger partial charge in [-0.1, -0.05) is 18.2 Å². The van der Waals surface area contributed by atoms with Crippen molar-refractivity contribution >= 4 is 44.7 Å². The molecule has 0 unspecified atom stereocenters. The maximum absolute atomic E-state index is 11.6. The van der Waals surface area contributed by atoms with Gasteiger partial charge in [0.25, 0.3) is 0 Å². The van der Waals surface area contributed by atoms with Gasteiger partial charge < -0.3 is 19.7 Å². The molecule has 1 aliphatic heterocycles. The number of nitrogens with one attached hydrogen (secondary N) is 2. The maximum atomic E-state index is 11.6. The number of sulfonamides is 1. The minimum atomic E-state index is -3.41. The molecule has 4 aromatic rings. The first-order chi connectivity index (χ1) is 17.7. The van der Waals surface area contributed by atoms with Crippen LogP contribution in [-0.2, 0) is 10.0 Å². The zero-order chi connectivity index (χ0) is 26.2. The topological polar surface area (TPSA) is 125 Å². The van der Waals surface area contributed by atoms with Gasteiger partial charge in [0.05, 0.1) is 23.6 Å². The Balaban J connectivity index is 1.55. The van der Waals surface area contributed by atoms with Crippen LogP contribution < -0.4 is 14.9 Å². The first kappa shape index (κ1) is 24.5. The largest absolute Gasteiger partial charge is 0.478 e. The molecule has 0 bridgehead atoms. The van der Waals surface area contributed by atoms with Gasteiger partial charge in [-0.2, -0.15) is 0 Å². The monoisotopic (exact) mass is 534 g/mol. The second-order valence-corrected chi connectivity index (χ2v) is 10.6. The number of benzene rings is 2. The van der Waals surface area contributed by atoms with Crippen LogP contribution in [0.2, 0.25) is 0 Å². The van der Waals surface area contributed by atoms with Crippen LogP contribution in [0, 0.1) is 0 Å². The lowest BCUT2D eigenvalue weighted by Crippen LogP contribution is -2.29. The third-order valence-corrected chi connectivity index (χ3v) is 6.78. The number of anilines is 2. The van der Waals surface area contributed by atoms with Gasteiger partial charge in [-0.25, -0.2) is 13.2 Å². The summed E-state index contributed by atoms with van der Waals surface area (Å²) in [6.45, 7) is 0. The smallest absolute Gasteiger partial charge is 0.335 e. The molecule has 188 valence electrons. The van der Waals surface area contributed by atoms with E-state index in [1.807, 2.05) is 29.2 Å². The third kappa shape index (κ3) is 5.18. The SMILES string of the molecule is CS(=O)(=O)Nc1ccc(N2C(=S)N[C@@H](c3ccccn3)[C@@H]2c2ccc(-c3cccc(C(=O)O)c3)o2)cc1. The van der Waals surface area contributed by atoms with E-state index < -0.39 is 22.0 Å². The van der Waals surface area contributed by atoms with Crippen LogP contribution in [0.15, 0.2) is 89.5 Å². The van der Waals surface area contributed by atoms with E-state index in [1.165, 1.54) is 6.07 Å². The summed E-state index contributed by atoms with van der Waals surface area (Å²) >= 11 is 5.71. The van der Waals surface area contributed by atoms with Crippen LogP contribution in [-0.4, -0.2) is 35.8 Å². The fraction of sp³-hybridized carbons (Fsp3) is 0.115. The minimum absolute atomic E-state index is 0.162. The average Bonchev–Trinajstić information content (AvgIpc) is 3.49. The van der Waals surface area contributed by atoms with Crippen molar-refractivity contribution in [2.45, 2.75) is 12.1 Å². The molecular formula is C26H22N4O5S2. The van der Waals surface area contributed by atoms with E-state index in [9.17, 15) is 18.3 Å². The van der Waals surface area contributed by atoms with Crippen molar-refractivity contribution in [3.05, 3.63) is 102 Å². The highest BCUT2D eigenvalue weighted by molar-refractivity contribution is 7.92. The number of carbonyl (C=O) groups is 1. The lowest BCUT2D eigenvalue weighted by atomic mass is 10.0. The zero-order valence-corrected chi connectivity index (χ0v) is 21.2. The molecular weight excluding hydrogens is 512 g/mol. The highest BCUT2D eigenvalue weighted by atomic mass is 32.2. The molecule has 1 fully saturated rings. The Morgan fingerprint density at radius 2 is 1.86 bits per heavy atom. The number of hydrogen-bond acceptors (Lipinski definition) is 6. The van der Waals surface area contributed by atoms with Gasteiger partial charge in [-0.05, 0) is 72.9 Å². The van der Waals surface area contributed by atoms with E-state index in [0.717, 1.165) is 17.6 Å². The van der Waals surface area contributed by atoms with Crippen LogP contribution in [0.1, 0.15) is 33.9 Å². The van der Waals surface area contributed by atoms with Crippen LogP contribution in [0.3, 0.4) is 0 Å². The number of furan rings is 1. The predicted octanol–water partition coefficient (Wildman–Crippen LogP) is 4.59. The van der Waals surface area contributed by atoms with Gasteiger partial charge in [0.2, 0.25) is 10.0 Å². The molecule has 2 aromatic heterocycles. The lowest BCUT2D eigenvalue weighted by Gasteiger charge is -2.26. The number of thiocarbonyl (C=S) groups is 1. The van der Waals surface area contributed by atoms with Gasteiger partial charge in [0.1, 0.15) is 17.6 Å². The fourth-order valence-electron chi connectivity index (χ4n) is 4.30. The summed E-state index contributed by atoms with van der Waals surface area (Å²) in [5.74, 6) is 0.0922. The first-order valence-electron chi connectivity index (χ1n) is 11.2. The van der Waals surface area contributed by atoms with E-state index in [4.69, 9.17) is 16.6 Å². The van der Waals surface area contributed by atoms with Gasteiger partial charge in [-0.15, -0.1) is 0 Å². The Morgan fingerprint density at radius 3 is 2.54 bits per heavy atom. The highest BCUT2D eigenvalue weighted by Crippen LogP contribution is 2.43. The van der Waals surface area contributed by atoms with Crippen LogP contribution in [0.4, 0.5) is 11.4 Å². The number of aromatic carboxylic acids is 1. The molecule has 0 saturated carbocycles. The molecule has 1 aliphatic rings. The Morgan fingerprint density at radius 1 is 1.08 bits per heavy atom. The summed E-state index contributed by atoms with van der Waals surface area (Å²) in [6.07, 6.45) is 2.80. The van der Waals surface area contributed by atoms with E-state index in [1.54, 1.807) is 54.7 Å². The molecule has 5 rings (SSSR count). The normalized spacial score (nSPS) is 17.4. The number of carboxylic acid groups (broad SMARTS) is 1. The van der Waals surface area contributed by atoms with Gasteiger partial charge >= 0.3 is 5.97 Å². The molecule has 0 amide bonds. The summed E-state index contributed by atoms with van der Waals surface area (Å²) in [4.78, 5) is 17.8. The molecule has 0 aliphatic carbocycles. The summed E-state index contributed by atoms with van der Waals surface area (Å²) in [5.41, 5.74) is 2.72. The Bertz CT molecular complexity index is 1570. The third-order valence-electron chi connectivity index (χ3n) is 5.86. The molecule has 0 radical (unpaired) electrons. The fourth-order valence-corrected chi connectivity index (χ4v) is 5.21. The molecule has 11 heteroatoms. The van der Waals surface area contributed by atoms with E-state index >= 15 is 0 Å². The van der Waals surface area contributed by atoms with Crippen molar-refractivity contribution in [1.29, 1.82) is 0 Å². The molecule has 2 aromatic carbocycles. The summed E-state index contributed by atoms with van der Waals surface area (Å²) in [7, 11) is -3.41. The molecule has 3 N–H and O–H groups in total. The molecule has 2 atom stereocenters. The van der Waals surface area contributed by atoms with Crippen molar-refractivity contribution in [1.82, 2.24) is 10.3 Å². The van der Waals surface area contributed by atoms with Crippen molar-refractivity contribution in [3.8, 4) is 11.3 Å². The second-order valence-electron chi connectivity index (χ2n) is 8.51. The number of rotatable bonds is 7. The Labute approximate surface area is 218 Å². The molecule has 1 saturated heterocycles. The molecule has 0 spiro atoms. The number of nitrogens with zero attached hydrogens (tertiary/aromatic N) is 2. The quantitative estimate of drug-likeness (QED) is 0.292. The predicted molar refractivity (Wildman–Crippen MR) is 144 cm³/mol. The minimum Gasteiger partial charge on any atom is -0.478 e. The van der Waals surface area contributed by atoms with Crippen LogP contribution >= 0.6 is 12.2 Å². The summed E-state index contributed by atoms with van der Waals surface area (Å²) in [5, 5.41) is 13.2. The Hall–Kier alpha value is -4.22. The molecule has 37 heavy (non-hydrogen) atoms. The highest BCUT2D eigenvalue weighted by Gasteiger charge is 2.42. The van der Waals surface area contributed by atoms with Gasteiger partial charge in [-0.3, -0.25) is 9.71 Å². The zero-order valence-electron chi connectivity index (χ0n) is 19.5. The van der Waals surface area contributed by atoms with Crippen molar-refractivity contribution in [3.63, 3.8) is 0 Å². The summed E-state index contributed by atoms with van der Waals surface area (Å²) in [6, 6.07) is 21.9. The lowest BCUT2D eigenvalue weighted by molar-refractivity contribution is 0.0697. The average molecular weight is 535 g/mol. The van der Waals surface area contributed by atoms with E-state index in [-0.39, 0.29) is 11.6 Å². The summed E-state index contributed by atoms with van der Waals surface area (Å²) < 4.78 is 31.9. The number of pyridine rings is 1. The van der Waals surface area contributed by atoms with Crippen LogP contribution in [0.5, 0.6) is 0 Å². The second kappa shape index (κ2) is 9.68.